The summed E-state index contributed by atoms with van der Waals surface area (Å²) in [6.45, 7) is 10.9. The van der Waals surface area contributed by atoms with Crippen molar-refractivity contribution in [1.82, 2.24) is 0 Å². The molecule has 4 heteroatoms. The molecule has 0 bridgehead atoms. The van der Waals surface area contributed by atoms with Gasteiger partial charge in [-0.25, -0.2) is 0 Å². The third kappa shape index (κ3) is 3.47. The molecule has 0 saturated heterocycles. The van der Waals surface area contributed by atoms with Gasteiger partial charge in [-0.3, -0.25) is 4.79 Å². The number of oxime groups is 1. The van der Waals surface area contributed by atoms with Crippen molar-refractivity contribution < 1.29 is 15.1 Å². The lowest BCUT2D eigenvalue weighted by Crippen LogP contribution is -2.34. The molecule has 1 aromatic carbocycles. The predicted octanol–water partition coefficient (Wildman–Crippen LogP) is 4.71. The molecule has 0 saturated carbocycles. The lowest BCUT2D eigenvalue weighted by molar-refractivity contribution is -0.141. The van der Waals surface area contributed by atoms with E-state index in [1.165, 1.54) is 11.1 Å². The summed E-state index contributed by atoms with van der Waals surface area (Å²) < 4.78 is 0. The Kier molecular flexibility index (Phi) is 5.07. The van der Waals surface area contributed by atoms with Crippen LogP contribution in [0.4, 0.5) is 0 Å². The molecule has 24 heavy (non-hydrogen) atoms. The van der Waals surface area contributed by atoms with Crippen molar-refractivity contribution in [3.63, 3.8) is 0 Å². The minimum Gasteiger partial charge on any atom is -0.481 e. The molecule has 1 aromatic rings. The standard InChI is InChI=1S/C20H29NO3/c1-6-13(18(22)23)12-17(21-24)14-7-8-15-16(11-14)20(4,5)10-9-19(15,2)3/h7-8,11,13,24H,6,9-10,12H2,1-5H3,(H,22,23). The lowest BCUT2D eigenvalue weighted by Gasteiger charge is -2.42. The fourth-order valence-electron chi connectivity index (χ4n) is 3.62. The zero-order chi connectivity index (χ0) is 18.1. The Morgan fingerprint density at radius 1 is 1.17 bits per heavy atom. The zero-order valence-electron chi connectivity index (χ0n) is 15.4. The Hall–Kier alpha value is -1.84. The van der Waals surface area contributed by atoms with Gasteiger partial charge in [-0.05, 0) is 52.8 Å². The van der Waals surface area contributed by atoms with Gasteiger partial charge < -0.3 is 10.3 Å². The van der Waals surface area contributed by atoms with Crippen molar-refractivity contribution in [2.45, 2.75) is 71.1 Å². The van der Waals surface area contributed by atoms with E-state index in [4.69, 9.17) is 0 Å². The summed E-state index contributed by atoms with van der Waals surface area (Å²) in [6.07, 6.45) is 3.00. The van der Waals surface area contributed by atoms with Crippen LogP contribution < -0.4 is 0 Å². The van der Waals surface area contributed by atoms with Gasteiger partial charge in [0, 0.05) is 6.42 Å². The van der Waals surface area contributed by atoms with E-state index in [0.717, 1.165) is 18.4 Å². The van der Waals surface area contributed by atoms with Crippen molar-refractivity contribution >= 4 is 11.7 Å². The van der Waals surface area contributed by atoms with Gasteiger partial charge in [0.05, 0.1) is 11.6 Å². The summed E-state index contributed by atoms with van der Waals surface area (Å²) in [5.74, 6) is -1.38. The molecule has 1 aliphatic rings. The van der Waals surface area contributed by atoms with Gasteiger partial charge in [0.15, 0.2) is 0 Å². The summed E-state index contributed by atoms with van der Waals surface area (Å²) in [5.41, 5.74) is 4.09. The highest BCUT2D eigenvalue weighted by Gasteiger charge is 2.37. The molecule has 0 spiro atoms. The van der Waals surface area contributed by atoms with Crippen molar-refractivity contribution in [2.75, 3.05) is 0 Å². The molecular weight excluding hydrogens is 302 g/mol. The molecule has 0 aliphatic heterocycles. The third-order valence-corrected chi connectivity index (χ3v) is 5.59. The smallest absolute Gasteiger partial charge is 0.306 e. The number of nitrogens with zero attached hydrogens (tertiary/aromatic N) is 1. The van der Waals surface area contributed by atoms with E-state index < -0.39 is 11.9 Å². The molecule has 0 heterocycles. The van der Waals surface area contributed by atoms with Gasteiger partial charge in [-0.2, -0.15) is 0 Å². The molecule has 2 rings (SSSR count). The highest BCUT2D eigenvalue weighted by Crippen LogP contribution is 2.46. The molecule has 1 unspecified atom stereocenters. The van der Waals surface area contributed by atoms with E-state index in [9.17, 15) is 15.1 Å². The number of carboxylic acid groups (broad SMARTS) is 1. The molecule has 0 fully saturated rings. The molecule has 0 radical (unpaired) electrons. The molecule has 2 N–H and O–H groups in total. The number of aliphatic carboxylic acids is 1. The van der Waals surface area contributed by atoms with Crippen LogP contribution in [-0.2, 0) is 15.6 Å². The fraction of sp³-hybridized carbons (Fsp3) is 0.600. The molecule has 4 nitrogen and oxygen atoms in total. The molecule has 1 atom stereocenters. The largest absolute Gasteiger partial charge is 0.481 e. The second-order valence-electron chi connectivity index (χ2n) is 8.22. The topological polar surface area (TPSA) is 69.9 Å². The predicted molar refractivity (Wildman–Crippen MR) is 96.1 cm³/mol. The van der Waals surface area contributed by atoms with E-state index in [0.29, 0.717) is 12.1 Å². The van der Waals surface area contributed by atoms with E-state index in [1.807, 2.05) is 13.0 Å². The quantitative estimate of drug-likeness (QED) is 0.466. The number of rotatable bonds is 5. The normalized spacial score (nSPS) is 20.3. The Morgan fingerprint density at radius 2 is 1.75 bits per heavy atom. The van der Waals surface area contributed by atoms with Crippen LogP contribution in [0.2, 0.25) is 0 Å². The number of benzene rings is 1. The molecule has 1 aliphatic carbocycles. The maximum Gasteiger partial charge on any atom is 0.306 e. The monoisotopic (exact) mass is 331 g/mol. The lowest BCUT2D eigenvalue weighted by atomic mass is 9.63. The van der Waals surface area contributed by atoms with Gasteiger partial charge in [-0.15, -0.1) is 0 Å². The van der Waals surface area contributed by atoms with Crippen molar-refractivity contribution in [2.24, 2.45) is 11.1 Å². The molecule has 0 aromatic heterocycles. The highest BCUT2D eigenvalue weighted by atomic mass is 16.4. The highest BCUT2D eigenvalue weighted by molar-refractivity contribution is 6.02. The van der Waals surface area contributed by atoms with Crippen molar-refractivity contribution in [3.8, 4) is 0 Å². The third-order valence-electron chi connectivity index (χ3n) is 5.59. The average molecular weight is 331 g/mol. The summed E-state index contributed by atoms with van der Waals surface area (Å²) in [4.78, 5) is 11.3. The maximum absolute atomic E-state index is 11.3. The minimum absolute atomic E-state index is 0.0678. The first kappa shape index (κ1) is 18.5. The van der Waals surface area contributed by atoms with Crippen LogP contribution in [0.25, 0.3) is 0 Å². The number of fused-ring (bicyclic) bond motifs is 1. The number of hydrogen-bond donors (Lipinski definition) is 2. The first-order valence-corrected chi connectivity index (χ1v) is 8.71. The Bertz CT molecular complexity index is 659. The first-order chi connectivity index (χ1) is 11.1. The van der Waals surface area contributed by atoms with E-state index in [1.54, 1.807) is 0 Å². The molecule has 132 valence electrons. The second-order valence-corrected chi connectivity index (χ2v) is 8.22. The minimum atomic E-state index is -0.849. The first-order valence-electron chi connectivity index (χ1n) is 8.71. The van der Waals surface area contributed by atoms with E-state index >= 15 is 0 Å². The second kappa shape index (κ2) is 6.58. The average Bonchev–Trinajstić information content (AvgIpc) is 2.52. The summed E-state index contributed by atoms with van der Waals surface area (Å²) >= 11 is 0. The van der Waals surface area contributed by atoms with Gasteiger partial charge >= 0.3 is 5.97 Å². The summed E-state index contributed by atoms with van der Waals surface area (Å²) in [5, 5.41) is 22.1. The van der Waals surface area contributed by atoms with Crippen LogP contribution in [0.15, 0.2) is 23.4 Å². The fourth-order valence-corrected chi connectivity index (χ4v) is 3.62. The molecular formula is C20H29NO3. The van der Waals surface area contributed by atoms with Gasteiger partial charge in [0.25, 0.3) is 0 Å². The van der Waals surface area contributed by atoms with Crippen molar-refractivity contribution in [1.29, 1.82) is 0 Å². The van der Waals surface area contributed by atoms with Gasteiger partial charge in [0.2, 0.25) is 0 Å². The van der Waals surface area contributed by atoms with Crippen LogP contribution in [0.5, 0.6) is 0 Å². The summed E-state index contributed by atoms with van der Waals surface area (Å²) in [7, 11) is 0. The van der Waals surface area contributed by atoms with Crippen LogP contribution in [0.1, 0.15) is 77.0 Å². The zero-order valence-corrected chi connectivity index (χ0v) is 15.4. The number of carbonyl (C=O) groups is 1. The van der Waals surface area contributed by atoms with E-state index in [2.05, 4.69) is 45.0 Å². The van der Waals surface area contributed by atoms with Gasteiger partial charge in [0.1, 0.15) is 0 Å². The Labute approximate surface area is 144 Å². The van der Waals surface area contributed by atoms with Crippen LogP contribution in [-0.4, -0.2) is 22.0 Å². The molecule has 0 amide bonds. The number of carboxylic acids is 1. The van der Waals surface area contributed by atoms with Gasteiger partial charge in [-0.1, -0.05) is 51.9 Å². The SMILES string of the molecule is CCC(CC(=NO)c1ccc2c(c1)C(C)(C)CCC2(C)C)C(=O)O. The number of hydrogen-bond acceptors (Lipinski definition) is 3. The van der Waals surface area contributed by atoms with Crippen LogP contribution in [0, 0.1) is 5.92 Å². The maximum atomic E-state index is 11.3. The van der Waals surface area contributed by atoms with Crippen molar-refractivity contribution in [3.05, 3.63) is 34.9 Å². The van der Waals surface area contributed by atoms with E-state index in [-0.39, 0.29) is 17.3 Å². The summed E-state index contributed by atoms with van der Waals surface area (Å²) in [6, 6.07) is 6.18. The Morgan fingerprint density at radius 3 is 2.25 bits per heavy atom. The Balaban J connectivity index is 2.44. The van der Waals surface area contributed by atoms with Crippen LogP contribution in [0.3, 0.4) is 0 Å². The van der Waals surface area contributed by atoms with Crippen LogP contribution >= 0.6 is 0 Å².